The van der Waals surface area contributed by atoms with Crippen molar-refractivity contribution in [2.45, 2.75) is 6.61 Å². The van der Waals surface area contributed by atoms with Gasteiger partial charge in [-0.25, -0.2) is 9.78 Å². The highest BCUT2D eigenvalue weighted by Crippen LogP contribution is 2.11. The van der Waals surface area contributed by atoms with Gasteiger partial charge in [-0.3, -0.25) is 0 Å². The first-order valence-corrected chi connectivity index (χ1v) is 6.78. The monoisotopic (exact) mass is 311 g/mol. The molecule has 0 radical (unpaired) electrons. The summed E-state index contributed by atoms with van der Waals surface area (Å²) >= 11 is 0. The minimum Gasteiger partial charge on any atom is -0.481 e. The molecular weight excluding hydrogens is 298 g/mol. The highest BCUT2D eigenvalue weighted by molar-refractivity contribution is 5.89. The summed E-state index contributed by atoms with van der Waals surface area (Å²) in [6.45, 7) is -0.0489. The van der Waals surface area contributed by atoms with Crippen molar-refractivity contribution < 1.29 is 14.3 Å². The van der Waals surface area contributed by atoms with Gasteiger partial charge in [0.25, 0.3) is 0 Å². The van der Waals surface area contributed by atoms with E-state index >= 15 is 0 Å². The lowest BCUT2D eigenvalue weighted by Gasteiger charge is -2.06. The molecule has 1 aromatic carbocycles. The smallest absolute Gasteiger partial charge is 0.340 e. The molecular formula is C15H13N5O3. The SMILES string of the molecule is COc1ccc(C(=O)OCc2nnnn2-c2ccccc2)cn1. The molecule has 2 heterocycles. The molecule has 0 bridgehead atoms. The highest BCUT2D eigenvalue weighted by atomic mass is 16.5. The molecule has 116 valence electrons. The second-order valence-electron chi connectivity index (χ2n) is 4.51. The first-order valence-electron chi connectivity index (χ1n) is 6.78. The van der Waals surface area contributed by atoms with Crippen LogP contribution in [0, 0.1) is 0 Å². The van der Waals surface area contributed by atoms with Crippen molar-refractivity contribution in [2.24, 2.45) is 0 Å². The number of hydrogen-bond donors (Lipinski definition) is 0. The quantitative estimate of drug-likeness (QED) is 0.658. The Kier molecular flexibility index (Phi) is 4.23. The van der Waals surface area contributed by atoms with Gasteiger partial charge in [0, 0.05) is 12.3 Å². The maximum absolute atomic E-state index is 12.0. The molecule has 0 N–H and O–H groups in total. The van der Waals surface area contributed by atoms with Crippen molar-refractivity contribution >= 4 is 5.97 Å². The van der Waals surface area contributed by atoms with Gasteiger partial charge in [0.05, 0.1) is 18.4 Å². The van der Waals surface area contributed by atoms with Crippen LogP contribution < -0.4 is 4.74 Å². The third kappa shape index (κ3) is 3.31. The molecule has 0 saturated carbocycles. The van der Waals surface area contributed by atoms with Gasteiger partial charge in [0.2, 0.25) is 5.88 Å². The van der Waals surface area contributed by atoms with Crippen molar-refractivity contribution in [3.8, 4) is 11.6 Å². The molecule has 0 atom stereocenters. The zero-order valence-corrected chi connectivity index (χ0v) is 12.3. The summed E-state index contributed by atoms with van der Waals surface area (Å²) in [5.74, 6) is 0.336. The van der Waals surface area contributed by atoms with Crippen LogP contribution in [0.25, 0.3) is 5.69 Å². The lowest BCUT2D eigenvalue weighted by Crippen LogP contribution is -2.10. The second kappa shape index (κ2) is 6.65. The van der Waals surface area contributed by atoms with Crippen molar-refractivity contribution in [3.63, 3.8) is 0 Å². The molecule has 0 spiro atoms. The van der Waals surface area contributed by atoms with Crippen LogP contribution in [0.15, 0.2) is 48.7 Å². The fourth-order valence-electron chi connectivity index (χ4n) is 1.90. The summed E-state index contributed by atoms with van der Waals surface area (Å²) < 4.78 is 11.7. The van der Waals surface area contributed by atoms with Gasteiger partial charge >= 0.3 is 5.97 Å². The van der Waals surface area contributed by atoms with Gasteiger partial charge in [0.15, 0.2) is 12.4 Å². The molecule has 0 unspecified atom stereocenters. The summed E-state index contributed by atoms with van der Waals surface area (Å²) in [7, 11) is 1.50. The van der Waals surface area contributed by atoms with Gasteiger partial charge in [-0.15, -0.1) is 5.10 Å². The van der Waals surface area contributed by atoms with E-state index in [-0.39, 0.29) is 6.61 Å². The van der Waals surface area contributed by atoms with Crippen molar-refractivity contribution in [1.29, 1.82) is 0 Å². The number of ether oxygens (including phenoxy) is 2. The van der Waals surface area contributed by atoms with Crippen LogP contribution in [-0.2, 0) is 11.3 Å². The van der Waals surface area contributed by atoms with Crippen LogP contribution in [0.2, 0.25) is 0 Å². The number of esters is 1. The van der Waals surface area contributed by atoms with Gasteiger partial charge in [-0.05, 0) is 28.6 Å². The molecule has 2 aromatic heterocycles. The zero-order valence-electron chi connectivity index (χ0n) is 12.3. The summed E-state index contributed by atoms with van der Waals surface area (Å²) in [6.07, 6.45) is 1.39. The van der Waals surface area contributed by atoms with Crippen LogP contribution >= 0.6 is 0 Å². The van der Waals surface area contributed by atoms with E-state index < -0.39 is 5.97 Å². The standard InChI is InChI=1S/C15H13N5O3/c1-22-14-8-7-11(9-16-14)15(21)23-10-13-17-18-19-20(13)12-5-3-2-4-6-12/h2-9H,10H2,1H3. The number of hydrogen-bond acceptors (Lipinski definition) is 7. The van der Waals surface area contributed by atoms with E-state index in [9.17, 15) is 4.79 Å². The van der Waals surface area contributed by atoms with Gasteiger partial charge in [0.1, 0.15) is 0 Å². The number of methoxy groups -OCH3 is 1. The molecule has 0 saturated heterocycles. The average molecular weight is 311 g/mol. The minimum atomic E-state index is -0.511. The number of rotatable bonds is 5. The summed E-state index contributed by atoms with van der Waals surface area (Å²) in [4.78, 5) is 16.0. The third-order valence-corrected chi connectivity index (χ3v) is 3.05. The predicted molar refractivity (Wildman–Crippen MR) is 79.1 cm³/mol. The minimum absolute atomic E-state index is 0.0489. The summed E-state index contributed by atoms with van der Waals surface area (Å²) in [5.41, 5.74) is 1.11. The number of para-hydroxylation sites is 1. The number of pyridine rings is 1. The van der Waals surface area contributed by atoms with E-state index in [2.05, 4.69) is 20.5 Å². The Balaban J connectivity index is 1.69. The van der Waals surface area contributed by atoms with Crippen LogP contribution in [-0.4, -0.2) is 38.3 Å². The molecule has 3 rings (SSSR count). The molecule has 0 aliphatic rings. The topological polar surface area (TPSA) is 92.0 Å². The Morgan fingerprint density at radius 1 is 1.17 bits per heavy atom. The van der Waals surface area contributed by atoms with Crippen LogP contribution in [0.1, 0.15) is 16.2 Å². The van der Waals surface area contributed by atoms with E-state index in [0.29, 0.717) is 17.3 Å². The van der Waals surface area contributed by atoms with E-state index in [4.69, 9.17) is 9.47 Å². The fraction of sp³-hybridized carbons (Fsp3) is 0.133. The second-order valence-corrected chi connectivity index (χ2v) is 4.51. The van der Waals surface area contributed by atoms with Gasteiger partial charge in [-0.1, -0.05) is 18.2 Å². The Labute approximate surface area is 131 Å². The molecule has 8 heteroatoms. The molecule has 23 heavy (non-hydrogen) atoms. The summed E-state index contributed by atoms with van der Waals surface area (Å²) in [5, 5.41) is 11.4. The highest BCUT2D eigenvalue weighted by Gasteiger charge is 2.13. The fourth-order valence-corrected chi connectivity index (χ4v) is 1.90. The van der Waals surface area contributed by atoms with Gasteiger partial charge in [-0.2, -0.15) is 4.68 Å². The Bertz CT molecular complexity index is 786. The molecule has 0 aliphatic carbocycles. The molecule has 8 nitrogen and oxygen atoms in total. The Morgan fingerprint density at radius 3 is 2.70 bits per heavy atom. The molecule has 0 aliphatic heterocycles. The number of aromatic nitrogens is 5. The molecule has 0 amide bonds. The van der Waals surface area contributed by atoms with Crippen LogP contribution in [0.3, 0.4) is 0 Å². The van der Waals surface area contributed by atoms with Gasteiger partial charge < -0.3 is 9.47 Å². The maximum Gasteiger partial charge on any atom is 0.340 e. The van der Waals surface area contributed by atoms with Crippen molar-refractivity contribution in [1.82, 2.24) is 25.2 Å². The Hall–Kier alpha value is -3.29. The lowest BCUT2D eigenvalue weighted by atomic mass is 10.3. The van der Waals surface area contributed by atoms with Crippen molar-refractivity contribution in [3.05, 3.63) is 60.0 Å². The number of carbonyl (C=O) groups is 1. The number of tetrazole rings is 1. The average Bonchev–Trinajstić information content (AvgIpc) is 3.09. The number of nitrogens with zero attached hydrogens (tertiary/aromatic N) is 5. The lowest BCUT2D eigenvalue weighted by molar-refractivity contribution is 0.0459. The summed E-state index contributed by atoms with van der Waals surface area (Å²) in [6, 6.07) is 12.5. The van der Waals surface area contributed by atoms with Crippen LogP contribution in [0.5, 0.6) is 5.88 Å². The number of carbonyl (C=O) groups excluding carboxylic acids is 1. The number of benzene rings is 1. The normalized spacial score (nSPS) is 10.3. The van der Waals surface area contributed by atoms with E-state index in [1.54, 1.807) is 12.1 Å². The van der Waals surface area contributed by atoms with Crippen LogP contribution in [0.4, 0.5) is 0 Å². The maximum atomic E-state index is 12.0. The first kappa shape index (κ1) is 14.6. The largest absolute Gasteiger partial charge is 0.481 e. The van der Waals surface area contributed by atoms with E-state index in [0.717, 1.165) is 5.69 Å². The Morgan fingerprint density at radius 2 is 2.00 bits per heavy atom. The predicted octanol–water partition coefficient (Wildman–Crippen LogP) is 1.42. The first-order chi connectivity index (χ1) is 11.3. The third-order valence-electron chi connectivity index (χ3n) is 3.05. The van der Waals surface area contributed by atoms with E-state index in [1.165, 1.54) is 18.0 Å². The molecule has 3 aromatic rings. The molecule has 0 fully saturated rings. The van der Waals surface area contributed by atoms with E-state index in [1.807, 2.05) is 30.3 Å². The van der Waals surface area contributed by atoms with Crippen molar-refractivity contribution in [2.75, 3.05) is 7.11 Å². The zero-order chi connectivity index (χ0) is 16.1.